The van der Waals surface area contributed by atoms with Gasteiger partial charge in [-0.05, 0) is 24.6 Å². The molecule has 1 aliphatic heterocycles. The zero-order valence-electron chi connectivity index (χ0n) is 17.9. The van der Waals surface area contributed by atoms with E-state index in [0.717, 1.165) is 7.11 Å². The fourth-order valence-corrected chi connectivity index (χ4v) is 4.13. The van der Waals surface area contributed by atoms with Crippen molar-refractivity contribution in [1.29, 1.82) is 0 Å². The molecule has 2 aliphatic rings. The summed E-state index contributed by atoms with van der Waals surface area (Å²) in [6.07, 6.45) is -8.12. The van der Waals surface area contributed by atoms with Gasteiger partial charge in [-0.1, -0.05) is 0 Å². The molecule has 0 bridgehead atoms. The number of benzene rings is 2. The van der Waals surface area contributed by atoms with Gasteiger partial charge in [0.1, 0.15) is 30.2 Å². The minimum Gasteiger partial charge on any atom is -0.504 e. The van der Waals surface area contributed by atoms with E-state index in [0.29, 0.717) is 5.56 Å². The summed E-state index contributed by atoms with van der Waals surface area (Å²) in [5, 5.41) is 70.7. The monoisotopic (exact) mass is 478 g/mol. The number of ketones is 2. The number of aryl methyl sites for hydroxylation is 1. The Hall–Kier alpha value is -3.42. The third-order valence-electron chi connectivity index (χ3n) is 5.85. The smallest absolute Gasteiger partial charge is 0.229 e. The fourth-order valence-electron chi connectivity index (χ4n) is 4.13. The van der Waals surface area contributed by atoms with Crippen LogP contribution < -0.4 is 9.47 Å². The lowest BCUT2D eigenvalue weighted by Crippen LogP contribution is -2.60. The molecule has 1 saturated heterocycles. The van der Waals surface area contributed by atoms with Crippen LogP contribution in [0.4, 0.5) is 0 Å². The van der Waals surface area contributed by atoms with Crippen molar-refractivity contribution in [3.05, 3.63) is 39.9 Å². The minimum absolute atomic E-state index is 0.209. The van der Waals surface area contributed by atoms with Crippen LogP contribution in [0.1, 0.15) is 37.4 Å². The standard InChI is InChI=1S/C22H22O12/c1-6-3-7-10(8(4-6)33-22-20(31)18(29)14(25)9(5-23)34-22)15(26)12-11(13(7)24)17(28)21(32-2)19(30)16(12)27/h3-4,9,14,18,20,22-23,25,27-31H,5H2,1-2H3. The number of hydrogen-bond acceptors (Lipinski definition) is 12. The van der Waals surface area contributed by atoms with E-state index in [1.807, 2.05) is 0 Å². The van der Waals surface area contributed by atoms with Crippen LogP contribution in [0.2, 0.25) is 0 Å². The van der Waals surface area contributed by atoms with Crippen LogP contribution in [0.5, 0.6) is 28.7 Å². The summed E-state index contributed by atoms with van der Waals surface area (Å²) in [5.74, 6) is -5.52. The van der Waals surface area contributed by atoms with Crippen molar-refractivity contribution >= 4 is 11.6 Å². The molecule has 1 aliphatic carbocycles. The van der Waals surface area contributed by atoms with Gasteiger partial charge < -0.3 is 50.0 Å². The van der Waals surface area contributed by atoms with E-state index in [1.54, 1.807) is 6.92 Å². The van der Waals surface area contributed by atoms with Crippen LogP contribution in [0, 0.1) is 6.92 Å². The highest BCUT2D eigenvalue weighted by Gasteiger charge is 2.46. The fraction of sp³-hybridized carbons (Fsp3) is 0.364. The molecule has 12 nitrogen and oxygen atoms in total. The number of aliphatic hydroxyl groups excluding tert-OH is 4. The molecule has 5 unspecified atom stereocenters. The van der Waals surface area contributed by atoms with E-state index in [1.165, 1.54) is 12.1 Å². The molecule has 182 valence electrons. The lowest BCUT2D eigenvalue weighted by molar-refractivity contribution is -0.277. The Morgan fingerprint density at radius 1 is 0.882 bits per heavy atom. The topological polar surface area (TPSA) is 203 Å². The number of hydrogen-bond donors (Lipinski definition) is 7. The van der Waals surface area contributed by atoms with E-state index in [4.69, 9.17) is 14.2 Å². The minimum atomic E-state index is -1.79. The maximum atomic E-state index is 13.4. The normalized spacial score (nSPS) is 26.1. The summed E-state index contributed by atoms with van der Waals surface area (Å²) in [6, 6.07) is 2.67. The average Bonchev–Trinajstić information content (AvgIpc) is 2.80. The van der Waals surface area contributed by atoms with Gasteiger partial charge in [0.15, 0.2) is 17.3 Å². The van der Waals surface area contributed by atoms with Crippen molar-refractivity contribution in [2.75, 3.05) is 13.7 Å². The van der Waals surface area contributed by atoms with Crippen LogP contribution in [0.25, 0.3) is 0 Å². The molecule has 0 amide bonds. The van der Waals surface area contributed by atoms with Gasteiger partial charge in [0.25, 0.3) is 0 Å². The van der Waals surface area contributed by atoms with E-state index in [2.05, 4.69) is 0 Å². The summed E-state index contributed by atoms with van der Waals surface area (Å²) >= 11 is 0. The Kier molecular flexibility index (Phi) is 5.87. The molecule has 0 saturated carbocycles. The second kappa shape index (κ2) is 8.42. The summed E-state index contributed by atoms with van der Waals surface area (Å²) in [7, 11) is 1.08. The average molecular weight is 478 g/mol. The maximum absolute atomic E-state index is 13.4. The van der Waals surface area contributed by atoms with Crippen molar-refractivity contribution in [2.24, 2.45) is 0 Å². The number of phenolic OH excluding ortho intramolecular Hbond substituents is 3. The van der Waals surface area contributed by atoms with Crippen LogP contribution in [-0.2, 0) is 4.74 Å². The molecular formula is C22H22O12. The highest BCUT2D eigenvalue weighted by molar-refractivity contribution is 6.31. The summed E-state index contributed by atoms with van der Waals surface area (Å²) < 4.78 is 15.8. The van der Waals surface area contributed by atoms with Gasteiger partial charge in [-0.15, -0.1) is 0 Å². The van der Waals surface area contributed by atoms with Gasteiger partial charge in [0.2, 0.25) is 23.6 Å². The third kappa shape index (κ3) is 3.35. The molecule has 12 heteroatoms. The number of aromatic hydroxyl groups is 3. The lowest BCUT2D eigenvalue weighted by Gasteiger charge is -2.39. The van der Waals surface area contributed by atoms with Gasteiger partial charge in [0.05, 0.1) is 30.4 Å². The van der Waals surface area contributed by atoms with E-state index < -0.39 is 83.0 Å². The molecule has 2 aromatic rings. The molecule has 1 heterocycles. The predicted molar refractivity (Wildman–Crippen MR) is 110 cm³/mol. The molecular weight excluding hydrogens is 456 g/mol. The van der Waals surface area contributed by atoms with Crippen molar-refractivity contribution in [2.45, 2.75) is 37.6 Å². The number of rotatable bonds is 4. The van der Waals surface area contributed by atoms with Crippen LogP contribution in [0.3, 0.4) is 0 Å². The van der Waals surface area contributed by atoms with E-state index in [9.17, 15) is 45.3 Å². The molecule has 7 N–H and O–H groups in total. The number of phenols is 3. The third-order valence-corrected chi connectivity index (χ3v) is 5.85. The number of carbonyl (C=O) groups excluding carboxylic acids is 2. The Balaban J connectivity index is 1.85. The van der Waals surface area contributed by atoms with Gasteiger partial charge in [-0.2, -0.15) is 0 Å². The molecule has 34 heavy (non-hydrogen) atoms. The number of carbonyl (C=O) groups is 2. The molecule has 0 spiro atoms. The van der Waals surface area contributed by atoms with E-state index in [-0.39, 0.29) is 16.9 Å². The molecule has 0 aromatic heterocycles. The molecule has 2 aromatic carbocycles. The first-order valence-corrected chi connectivity index (χ1v) is 10.1. The van der Waals surface area contributed by atoms with Gasteiger partial charge in [0, 0.05) is 5.56 Å². The Morgan fingerprint density at radius 2 is 1.53 bits per heavy atom. The largest absolute Gasteiger partial charge is 0.504 e. The SMILES string of the molecule is COc1c(O)c(O)c2c(c1O)C(=O)c1cc(C)cc(OC3OC(CO)C(O)C(O)C3O)c1C2=O. The van der Waals surface area contributed by atoms with Gasteiger partial charge in [-0.25, -0.2) is 0 Å². The Labute approximate surface area is 191 Å². The number of methoxy groups -OCH3 is 1. The molecule has 4 rings (SSSR count). The zero-order valence-corrected chi connectivity index (χ0v) is 17.9. The van der Waals surface area contributed by atoms with Crippen molar-refractivity contribution in [3.8, 4) is 28.7 Å². The second-order valence-electron chi connectivity index (χ2n) is 7.99. The molecule has 5 atom stereocenters. The summed E-state index contributed by atoms with van der Waals surface area (Å²) in [5.41, 5.74) is -1.40. The number of ether oxygens (including phenoxy) is 3. The van der Waals surface area contributed by atoms with Crippen molar-refractivity contribution in [3.63, 3.8) is 0 Å². The summed E-state index contributed by atoms with van der Waals surface area (Å²) in [4.78, 5) is 26.6. The molecule has 1 fully saturated rings. The number of aliphatic hydroxyl groups is 4. The van der Waals surface area contributed by atoms with Gasteiger partial charge in [-0.3, -0.25) is 9.59 Å². The van der Waals surface area contributed by atoms with Crippen LogP contribution >= 0.6 is 0 Å². The Bertz CT molecular complexity index is 1190. The van der Waals surface area contributed by atoms with Crippen molar-refractivity contribution < 1.29 is 59.5 Å². The van der Waals surface area contributed by atoms with E-state index >= 15 is 0 Å². The zero-order chi connectivity index (χ0) is 25.1. The molecule has 0 radical (unpaired) electrons. The lowest BCUT2D eigenvalue weighted by atomic mass is 9.81. The Morgan fingerprint density at radius 3 is 2.15 bits per heavy atom. The summed E-state index contributed by atoms with van der Waals surface area (Å²) in [6.45, 7) is 0.859. The first-order chi connectivity index (χ1) is 16.0. The second-order valence-corrected chi connectivity index (χ2v) is 7.99. The van der Waals surface area contributed by atoms with Crippen LogP contribution in [0.15, 0.2) is 12.1 Å². The quantitative estimate of drug-likeness (QED) is 0.180. The van der Waals surface area contributed by atoms with Gasteiger partial charge >= 0.3 is 0 Å². The highest BCUT2D eigenvalue weighted by Crippen LogP contribution is 2.51. The number of fused-ring (bicyclic) bond motifs is 2. The van der Waals surface area contributed by atoms with Crippen LogP contribution in [-0.4, -0.2) is 91.7 Å². The first kappa shape index (κ1) is 23.7. The van der Waals surface area contributed by atoms with Crippen molar-refractivity contribution in [1.82, 2.24) is 0 Å². The first-order valence-electron chi connectivity index (χ1n) is 10.1. The predicted octanol–water partition coefficient (Wildman–Crippen LogP) is -0.925. The highest BCUT2D eigenvalue weighted by atomic mass is 16.7. The maximum Gasteiger partial charge on any atom is 0.229 e.